The summed E-state index contributed by atoms with van der Waals surface area (Å²) in [6, 6.07) is 23.8. The third-order valence-electron chi connectivity index (χ3n) is 4.80. The van der Waals surface area contributed by atoms with Gasteiger partial charge in [-0.15, -0.1) is 5.10 Å². The van der Waals surface area contributed by atoms with Crippen molar-refractivity contribution >= 4 is 23.2 Å². The molecule has 0 unspecified atom stereocenters. The quantitative estimate of drug-likeness (QED) is 0.430. The molecule has 0 saturated heterocycles. The van der Waals surface area contributed by atoms with Crippen LogP contribution >= 0.6 is 11.6 Å². The van der Waals surface area contributed by atoms with Gasteiger partial charge in [0.1, 0.15) is 12.4 Å². The van der Waals surface area contributed by atoms with Gasteiger partial charge in [-0.3, -0.25) is 9.59 Å². The Labute approximate surface area is 195 Å². The molecule has 4 rings (SSSR count). The van der Waals surface area contributed by atoms with E-state index in [0.717, 1.165) is 11.3 Å². The number of nitrogens with one attached hydrogen (secondary N) is 1. The fraction of sp³-hybridized carbons (Fsp3) is 0.0800. The Kier molecular flexibility index (Phi) is 6.71. The minimum absolute atomic E-state index is 0.277. The molecule has 7 nitrogen and oxygen atoms in total. The van der Waals surface area contributed by atoms with Crippen molar-refractivity contribution < 1.29 is 14.3 Å². The van der Waals surface area contributed by atoms with Crippen molar-refractivity contribution in [2.24, 2.45) is 0 Å². The summed E-state index contributed by atoms with van der Waals surface area (Å²) in [6.45, 7) is 0.291. The Hall–Kier alpha value is -4.10. The first-order valence-corrected chi connectivity index (χ1v) is 10.4. The molecule has 166 valence electrons. The smallest absolute Gasteiger partial charge is 0.271 e. The van der Waals surface area contributed by atoms with E-state index in [1.54, 1.807) is 55.6 Å². The van der Waals surface area contributed by atoms with Crippen molar-refractivity contribution in [1.82, 2.24) is 9.78 Å². The molecule has 3 aromatic carbocycles. The monoisotopic (exact) mass is 461 g/mol. The second-order valence-corrected chi connectivity index (χ2v) is 7.50. The highest BCUT2D eigenvalue weighted by Gasteiger charge is 2.09. The summed E-state index contributed by atoms with van der Waals surface area (Å²) in [5.74, 6) is 0.784. The number of halogens is 1. The molecular weight excluding hydrogens is 442 g/mol. The zero-order valence-corrected chi connectivity index (χ0v) is 18.5. The molecule has 0 radical (unpaired) electrons. The molecule has 1 heterocycles. The van der Waals surface area contributed by atoms with Crippen molar-refractivity contribution in [2.45, 2.75) is 6.61 Å². The van der Waals surface area contributed by atoms with Crippen LogP contribution in [0.2, 0.25) is 5.02 Å². The molecule has 8 heteroatoms. The third kappa shape index (κ3) is 5.58. The SMILES string of the molecule is COc1ccc(COc2ccc(=O)n(-c3ccc(C(=O)Nc4ccc(Cl)cc4)cc3)n2)cc1. The van der Waals surface area contributed by atoms with Gasteiger partial charge in [-0.05, 0) is 66.2 Å². The molecule has 0 saturated carbocycles. The van der Waals surface area contributed by atoms with Gasteiger partial charge >= 0.3 is 0 Å². The fourth-order valence-corrected chi connectivity index (χ4v) is 3.15. The summed E-state index contributed by atoms with van der Waals surface area (Å²) in [5, 5.41) is 7.67. The molecule has 0 bridgehead atoms. The van der Waals surface area contributed by atoms with Gasteiger partial charge in [0.15, 0.2) is 0 Å². The van der Waals surface area contributed by atoms with E-state index >= 15 is 0 Å². The minimum atomic E-state index is -0.315. The predicted molar refractivity (Wildman–Crippen MR) is 127 cm³/mol. The van der Waals surface area contributed by atoms with E-state index in [1.807, 2.05) is 24.3 Å². The number of aromatic nitrogens is 2. The number of rotatable bonds is 7. The Morgan fingerprint density at radius 3 is 2.30 bits per heavy atom. The fourth-order valence-electron chi connectivity index (χ4n) is 3.03. The lowest BCUT2D eigenvalue weighted by Crippen LogP contribution is -2.20. The molecule has 33 heavy (non-hydrogen) atoms. The van der Waals surface area contributed by atoms with Crippen molar-refractivity contribution in [3.63, 3.8) is 0 Å². The van der Waals surface area contributed by atoms with E-state index in [4.69, 9.17) is 21.1 Å². The summed E-state index contributed by atoms with van der Waals surface area (Å²) in [6.07, 6.45) is 0. The first kappa shape index (κ1) is 22.1. The average molecular weight is 462 g/mol. The third-order valence-corrected chi connectivity index (χ3v) is 5.05. The molecule has 0 aliphatic heterocycles. The molecule has 1 aromatic heterocycles. The molecular formula is C25H20ClN3O4. The number of nitrogens with zero attached hydrogens (tertiary/aromatic N) is 2. The highest BCUT2D eigenvalue weighted by molar-refractivity contribution is 6.30. The molecule has 0 fully saturated rings. The molecule has 0 spiro atoms. The maximum absolute atomic E-state index is 12.5. The highest BCUT2D eigenvalue weighted by Crippen LogP contribution is 2.16. The Morgan fingerprint density at radius 1 is 0.939 bits per heavy atom. The number of ether oxygens (including phenoxy) is 2. The molecule has 0 aliphatic rings. The van der Waals surface area contributed by atoms with Crippen LogP contribution < -0.4 is 20.3 Å². The van der Waals surface area contributed by atoms with E-state index in [1.165, 1.54) is 16.8 Å². The largest absolute Gasteiger partial charge is 0.497 e. The Balaban J connectivity index is 1.46. The van der Waals surface area contributed by atoms with Gasteiger partial charge in [0.25, 0.3) is 11.5 Å². The number of hydrogen-bond donors (Lipinski definition) is 1. The molecule has 1 N–H and O–H groups in total. The number of benzene rings is 3. The number of hydrogen-bond acceptors (Lipinski definition) is 5. The van der Waals surface area contributed by atoms with Gasteiger partial charge in [0.05, 0.1) is 12.8 Å². The normalized spacial score (nSPS) is 10.5. The van der Waals surface area contributed by atoms with E-state index in [-0.39, 0.29) is 11.5 Å². The van der Waals surface area contributed by atoms with Crippen molar-refractivity contribution in [3.8, 4) is 17.3 Å². The first-order valence-electron chi connectivity index (χ1n) is 10.1. The van der Waals surface area contributed by atoms with Crippen LogP contribution in [0, 0.1) is 0 Å². The van der Waals surface area contributed by atoms with E-state index in [9.17, 15) is 9.59 Å². The van der Waals surface area contributed by atoms with Crippen LogP contribution in [0.25, 0.3) is 5.69 Å². The topological polar surface area (TPSA) is 82.5 Å². The van der Waals surface area contributed by atoms with Crippen LogP contribution in [0.3, 0.4) is 0 Å². The van der Waals surface area contributed by atoms with Gasteiger partial charge in [0, 0.05) is 28.4 Å². The highest BCUT2D eigenvalue weighted by atomic mass is 35.5. The van der Waals surface area contributed by atoms with Gasteiger partial charge in [0.2, 0.25) is 5.88 Å². The second-order valence-electron chi connectivity index (χ2n) is 7.07. The van der Waals surface area contributed by atoms with Crippen molar-refractivity contribution in [1.29, 1.82) is 0 Å². The van der Waals surface area contributed by atoms with Gasteiger partial charge < -0.3 is 14.8 Å². The van der Waals surface area contributed by atoms with Crippen LogP contribution in [0.1, 0.15) is 15.9 Å². The van der Waals surface area contributed by atoms with Crippen LogP contribution in [0.15, 0.2) is 89.7 Å². The lowest BCUT2D eigenvalue weighted by molar-refractivity contribution is 0.102. The summed E-state index contributed by atoms with van der Waals surface area (Å²) in [5.41, 5.74) is 2.20. The number of anilines is 1. The van der Waals surface area contributed by atoms with E-state index in [0.29, 0.717) is 34.4 Å². The first-order chi connectivity index (χ1) is 16.0. The predicted octanol–water partition coefficient (Wildman–Crippen LogP) is 4.73. The lowest BCUT2D eigenvalue weighted by atomic mass is 10.2. The molecule has 4 aromatic rings. The number of methoxy groups -OCH3 is 1. The van der Waals surface area contributed by atoms with Crippen LogP contribution in [-0.2, 0) is 6.61 Å². The van der Waals surface area contributed by atoms with Crippen LogP contribution in [0.5, 0.6) is 11.6 Å². The minimum Gasteiger partial charge on any atom is -0.497 e. The number of carbonyl (C=O) groups excluding carboxylic acids is 1. The summed E-state index contributed by atoms with van der Waals surface area (Å²) in [7, 11) is 1.61. The summed E-state index contributed by atoms with van der Waals surface area (Å²) in [4.78, 5) is 24.8. The van der Waals surface area contributed by atoms with E-state index < -0.39 is 0 Å². The maximum Gasteiger partial charge on any atom is 0.271 e. The van der Waals surface area contributed by atoms with Crippen LogP contribution in [0.4, 0.5) is 5.69 Å². The molecule has 1 amide bonds. The average Bonchev–Trinajstić information content (AvgIpc) is 2.85. The summed E-state index contributed by atoms with van der Waals surface area (Å²) < 4.78 is 12.1. The van der Waals surface area contributed by atoms with E-state index in [2.05, 4.69) is 10.4 Å². The second kappa shape index (κ2) is 10.0. The number of carbonyl (C=O) groups is 1. The van der Waals surface area contributed by atoms with Crippen LogP contribution in [-0.4, -0.2) is 22.8 Å². The lowest BCUT2D eigenvalue weighted by Gasteiger charge is -2.10. The Morgan fingerprint density at radius 2 is 1.64 bits per heavy atom. The number of amides is 1. The Bertz CT molecular complexity index is 1300. The zero-order chi connectivity index (χ0) is 23.2. The van der Waals surface area contributed by atoms with Gasteiger partial charge in [-0.25, -0.2) is 0 Å². The van der Waals surface area contributed by atoms with Gasteiger partial charge in [-0.2, -0.15) is 4.68 Å². The molecule has 0 atom stereocenters. The maximum atomic E-state index is 12.5. The zero-order valence-electron chi connectivity index (χ0n) is 17.7. The molecule has 0 aliphatic carbocycles. The van der Waals surface area contributed by atoms with Crippen molar-refractivity contribution in [3.05, 3.63) is 111 Å². The van der Waals surface area contributed by atoms with Crippen molar-refractivity contribution in [2.75, 3.05) is 12.4 Å². The summed E-state index contributed by atoms with van der Waals surface area (Å²) >= 11 is 5.87. The standard InChI is InChI=1S/C25H20ClN3O4/c1-32-22-12-2-17(3-13-22)16-33-23-14-15-24(30)29(28-23)21-10-4-18(5-11-21)25(31)27-20-8-6-19(26)7-9-20/h2-15H,16H2,1H3,(H,27,31). The van der Waals surface area contributed by atoms with Gasteiger partial charge in [-0.1, -0.05) is 23.7 Å².